The average molecular weight is 404 g/mol. The number of amides is 1. The maximum Gasteiger partial charge on any atom is 0.416 e. The third-order valence-corrected chi connectivity index (χ3v) is 4.87. The van der Waals surface area contributed by atoms with E-state index in [1.165, 1.54) is 34.9 Å². The Morgan fingerprint density at radius 3 is 2.28 bits per heavy atom. The summed E-state index contributed by atoms with van der Waals surface area (Å²) in [6.07, 6.45) is -4.78. The van der Waals surface area contributed by atoms with Gasteiger partial charge in [0.15, 0.2) is 0 Å². The van der Waals surface area contributed by atoms with Crippen LogP contribution in [0.5, 0.6) is 0 Å². The summed E-state index contributed by atoms with van der Waals surface area (Å²) in [6.45, 7) is -0.579. The summed E-state index contributed by atoms with van der Waals surface area (Å²) in [5.41, 5.74) is 4.00. The fraction of sp³-hybridized carbons (Fsp3) is 0.0952. The van der Waals surface area contributed by atoms with Crippen molar-refractivity contribution < 1.29 is 26.7 Å². The number of primary amides is 1. The van der Waals surface area contributed by atoms with Crippen LogP contribution in [0.15, 0.2) is 54.6 Å². The van der Waals surface area contributed by atoms with Gasteiger partial charge in [0.05, 0.1) is 23.1 Å². The van der Waals surface area contributed by atoms with Crippen LogP contribution in [0.1, 0.15) is 21.5 Å². The summed E-state index contributed by atoms with van der Waals surface area (Å²) in [4.78, 5) is 11.9. The van der Waals surface area contributed by atoms with Gasteiger partial charge >= 0.3 is 6.18 Å². The number of halogens is 5. The highest BCUT2D eigenvalue weighted by molar-refractivity contribution is 6.17. The summed E-state index contributed by atoms with van der Waals surface area (Å²) in [7, 11) is 0. The van der Waals surface area contributed by atoms with E-state index in [4.69, 9.17) is 5.73 Å². The number of hydrogen-bond acceptors (Lipinski definition) is 1. The number of carbonyl (C=O) groups excluding carboxylic acids is 1. The zero-order valence-corrected chi connectivity index (χ0v) is 14.7. The Hall–Kier alpha value is -3.42. The molecule has 8 heteroatoms. The second-order valence-electron chi connectivity index (χ2n) is 6.55. The predicted molar refractivity (Wildman–Crippen MR) is 98.4 cm³/mol. The molecule has 1 aromatic heterocycles. The molecule has 148 valence electrons. The van der Waals surface area contributed by atoms with Gasteiger partial charge in [-0.1, -0.05) is 24.3 Å². The SMILES string of the molecule is NC(=O)c1cccc2c1c1cccc(F)c1n2Cc1c(F)cccc1C(F)(F)F. The molecule has 1 heterocycles. The van der Waals surface area contributed by atoms with Crippen LogP contribution in [0.2, 0.25) is 0 Å². The van der Waals surface area contributed by atoms with Crippen LogP contribution in [-0.4, -0.2) is 10.5 Å². The fourth-order valence-electron chi connectivity index (χ4n) is 3.67. The Balaban J connectivity index is 2.08. The zero-order chi connectivity index (χ0) is 20.9. The zero-order valence-electron chi connectivity index (χ0n) is 14.7. The first kappa shape index (κ1) is 18.9. The molecule has 3 aromatic carbocycles. The third-order valence-electron chi connectivity index (χ3n) is 4.87. The topological polar surface area (TPSA) is 48.0 Å². The van der Waals surface area contributed by atoms with Gasteiger partial charge in [0.2, 0.25) is 5.91 Å². The van der Waals surface area contributed by atoms with Gasteiger partial charge < -0.3 is 10.3 Å². The monoisotopic (exact) mass is 404 g/mol. The third kappa shape index (κ3) is 3.00. The highest BCUT2D eigenvalue weighted by Crippen LogP contribution is 2.37. The van der Waals surface area contributed by atoms with Crippen LogP contribution >= 0.6 is 0 Å². The number of benzene rings is 3. The molecule has 0 atom stereocenters. The molecule has 0 radical (unpaired) electrons. The normalized spacial score (nSPS) is 12.0. The molecule has 1 amide bonds. The van der Waals surface area contributed by atoms with Gasteiger partial charge in [-0.2, -0.15) is 13.2 Å². The maximum atomic E-state index is 14.7. The Morgan fingerprint density at radius 1 is 0.931 bits per heavy atom. The first-order valence-electron chi connectivity index (χ1n) is 8.54. The van der Waals surface area contributed by atoms with E-state index in [0.29, 0.717) is 10.8 Å². The highest BCUT2D eigenvalue weighted by Gasteiger charge is 2.35. The van der Waals surface area contributed by atoms with Gasteiger partial charge in [-0.25, -0.2) is 8.78 Å². The molecule has 0 bridgehead atoms. The molecular weight excluding hydrogens is 391 g/mol. The number of fused-ring (bicyclic) bond motifs is 3. The molecule has 0 aliphatic rings. The largest absolute Gasteiger partial charge is 0.416 e. The van der Waals surface area contributed by atoms with Crippen LogP contribution in [0.4, 0.5) is 22.0 Å². The van der Waals surface area contributed by atoms with Crippen molar-refractivity contribution >= 4 is 27.7 Å². The van der Waals surface area contributed by atoms with E-state index in [0.717, 1.165) is 24.3 Å². The van der Waals surface area contributed by atoms with E-state index in [9.17, 15) is 26.7 Å². The second kappa shape index (κ2) is 6.58. The molecule has 0 spiro atoms. The molecule has 4 aromatic rings. The van der Waals surface area contributed by atoms with Crippen molar-refractivity contribution in [3.05, 3.63) is 82.9 Å². The van der Waals surface area contributed by atoms with Gasteiger partial charge in [0.1, 0.15) is 11.6 Å². The number of carbonyl (C=O) groups is 1. The molecule has 29 heavy (non-hydrogen) atoms. The van der Waals surface area contributed by atoms with Crippen LogP contribution in [-0.2, 0) is 12.7 Å². The van der Waals surface area contributed by atoms with Crippen molar-refractivity contribution in [1.82, 2.24) is 4.57 Å². The molecule has 4 rings (SSSR count). The summed E-state index contributed by atoms with van der Waals surface area (Å²) in [5, 5.41) is 0.610. The Labute approximate surface area is 161 Å². The van der Waals surface area contributed by atoms with Gasteiger partial charge in [0.25, 0.3) is 0 Å². The Kier molecular flexibility index (Phi) is 4.29. The quantitative estimate of drug-likeness (QED) is 0.467. The lowest BCUT2D eigenvalue weighted by Crippen LogP contribution is -2.14. The number of nitrogens with two attached hydrogens (primary N) is 1. The van der Waals surface area contributed by atoms with Crippen LogP contribution in [0, 0.1) is 11.6 Å². The smallest absolute Gasteiger partial charge is 0.366 e. The van der Waals surface area contributed by atoms with Gasteiger partial charge in [0, 0.05) is 21.9 Å². The van der Waals surface area contributed by atoms with Gasteiger partial charge in [-0.05, 0) is 30.3 Å². The fourth-order valence-corrected chi connectivity index (χ4v) is 3.67. The molecule has 0 aliphatic heterocycles. The number of alkyl halides is 3. The predicted octanol–water partition coefficient (Wildman–Crippen LogP) is 5.24. The summed E-state index contributed by atoms with van der Waals surface area (Å²) < 4.78 is 70.6. The van der Waals surface area contributed by atoms with Crippen molar-refractivity contribution in [1.29, 1.82) is 0 Å². The van der Waals surface area contributed by atoms with Gasteiger partial charge in [-0.3, -0.25) is 4.79 Å². The minimum Gasteiger partial charge on any atom is -0.366 e. The van der Waals surface area contributed by atoms with E-state index in [-0.39, 0.29) is 16.6 Å². The van der Waals surface area contributed by atoms with Crippen molar-refractivity contribution in [2.24, 2.45) is 5.73 Å². The standard InChI is InChI=1S/C21H13F5N2O/c22-15-7-3-6-14(21(24,25)26)13(15)10-28-17-9-2-5-12(20(27)29)18(17)11-4-1-8-16(23)19(11)28/h1-9H,10H2,(H2,27,29). The van der Waals surface area contributed by atoms with E-state index in [1.807, 2.05) is 0 Å². The number of aromatic nitrogens is 1. The minimum atomic E-state index is -4.78. The molecule has 0 saturated carbocycles. The molecule has 0 saturated heterocycles. The lowest BCUT2D eigenvalue weighted by Gasteiger charge is -2.16. The second-order valence-corrected chi connectivity index (χ2v) is 6.55. The highest BCUT2D eigenvalue weighted by atomic mass is 19.4. The Morgan fingerprint density at radius 2 is 1.59 bits per heavy atom. The Bertz CT molecular complexity index is 1270. The summed E-state index contributed by atoms with van der Waals surface area (Å²) in [6, 6.07) is 11.2. The van der Waals surface area contributed by atoms with E-state index >= 15 is 0 Å². The molecule has 2 N–H and O–H groups in total. The van der Waals surface area contributed by atoms with Crippen LogP contribution < -0.4 is 5.73 Å². The molecule has 3 nitrogen and oxygen atoms in total. The lowest BCUT2D eigenvalue weighted by atomic mass is 10.1. The van der Waals surface area contributed by atoms with Crippen molar-refractivity contribution in [3.8, 4) is 0 Å². The molecule has 0 unspecified atom stereocenters. The van der Waals surface area contributed by atoms with Crippen molar-refractivity contribution in [3.63, 3.8) is 0 Å². The number of rotatable bonds is 3. The van der Waals surface area contributed by atoms with Crippen LogP contribution in [0.3, 0.4) is 0 Å². The number of para-hydroxylation sites is 1. The average Bonchev–Trinajstić information content (AvgIpc) is 2.97. The molecule has 0 aliphatic carbocycles. The first-order chi connectivity index (χ1) is 13.7. The minimum absolute atomic E-state index is 0.0347. The van der Waals surface area contributed by atoms with Gasteiger partial charge in [-0.15, -0.1) is 0 Å². The maximum absolute atomic E-state index is 14.7. The number of hydrogen-bond donors (Lipinski definition) is 1. The summed E-state index contributed by atoms with van der Waals surface area (Å²) in [5.74, 6) is -2.53. The van der Waals surface area contributed by atoms with Crippen molar-refractivity contribution in [2.75, 3.05) is 0 Å². The van der Waals surface area contributed by atoms with E-state index < -0.39 is 41.4 Å². The lowest BCUT2D eigenvalue weighted by molar-refractivity contribution is -0.138. The molecular formula is C21H13F5N2O. The molecule has 0 fully saturated rings. The van der Waals surface area contributed by atoms with E-state index in [1.54, 1.807) is 0 Å². The van der Waals surface area contributed by atoms with Crippen molar-refractivity contribution in [2.45, 2.75) is 12.7 Å². The van der Waals surface area contributed by atoms with Crippen LogP contribution in [0.25, 0.3) is 21.8 Å². The first-order valence-corrected chi connectivity index (χ1v) is 8.54. The summed E-state index contributed by atoms with van der Waals surface area (Å²) >= 11 is 0. The van der Waals surface area contributed by atoms with E-state index in [2.05, 4.69) is 0 Å². The number of nitrogens with zero attached hydrogens (tertiary/aromatic N) is 1.